The molecule has 1 aromatic rings. The SMILES string of the molecule is C#CCCCC(=O)c1ccc(C(C)C)cc1. The lowest BCUT2D eigenvalue weighted by molar-refractivity contribution is 0.0980. The Morgan fingerprint density at radius 1 is 1.31 bits per heavy atom. The zero-order valence-electron chi connectivity index (χ0n) is 9.99. The molecule has 0 aliphatic carbocycles. The first kappa shape index (κ1) is 12.5. The van der Waals surface area contributed by atoms with Gasteiger partial charge in [0.25, 0.3) is 0 Å². The molecule has 1 nitrogen and oxygen atoms in total. The van der Waals surface area contributed by atoms with Gasteiger partial charge in [0.15, 0.2) is 5.78 Å². The van der Waals surface area contributed by atoms with E-state index >= 15 is 0 Å². The minimum Gasteiger partial charge on any atom is -0.294 e. The Labute approximate surface area is 97.9 Å². The highest BCUT2D eigenvalue weighted by Gasteiger charge is 2.05. The van der Waals surface area contributed by atoms with Gasteiger partial charge in [0.05, 0.1) is 0 Å². The second-order valence-corrected chi connectivity index (χ2v) is 4.26. The van der Waals surface area contributed by atoms with Crippen LogP contribution in [0.1, 0.15) is 54.9 Å². The number of terminal acetylenes is 1. The van der Waals surface area contributed by atoms with Gasteiger partial charge in [-0.3, -0.25) is 4.79 Å². The van der Waals surface area contributed by atoms with Crippen LogP contribution >= 0.6 is 0 Å². The van der Waals surface area contributed by atoms with E-state index in [-0.39, 0.29) is 5.78 Å². The van der Waals surface area contributed by atoms with Gasteiger partial charge < -0.3 is 0 Å². The molecule has 0 aromatic heterocycles. The number of carbonyl (C=O) groups excluding carboxylic acids is 1. The first-order valence-electron chi connectivity index (χ1n) is 5.71. The summed E-state index contributed by atoms with van der Waals surface area (Å²) in [6.07, 6.45) is 7.15. The first-order chi connectivity index (χ1) is 7.65. The van der Waals surface area contributed by atoms with E-state index in [1.807, 2.05) is 24.3 Å². The van der Waals surface area contributed by atoms with Gasteiger partial charge in [0.1, 0.15) is 0 Å². The van der Waals surface area contributed by atoms with Crippen LogP contribution in [-0.2, 0) is 0 Å². The lowest BCUT2D eigenvalue weighted by Crippen LogP contribution is -1.99. The molecule has 1 heteroatoms. The number of unbranched alkanes of at least 4 members (excludes halogenated alkanes) is 1. The highest BCUT2D eigenvalue weighted by molar-refractivity contribution is 5.96. The first-order valence-corrected chi connectivity index (χ1v) is 5.71. The van der Waals surface area contributed by atoms with E-state index in [0.717, 1.165) is 12.0 Å². The van der Waals surface area contributed by atoms with Crippen LogP contribution in [0, 0.1) is 12.3 Å². The summed E-state index contributed by atoms with van der Waals surface area (Å²) in [4.78, 5) is 11.7. The van der Waals surface area contributed by atoms with Crippen LogP contribution in [0.5, 0.6) is 0 Å². The van der Waals surface area contributed by atoms with Crippen LogP contribution in [0.3, 0.4) is 0 Å². The van der Waals surface area contributed by atoms with E-state index in [9.17, 15) is 4.79 Å². The molecule has 1 rings (SSSR count). The number of ketones is 1. The molecule has 0 N–H and O–H groups in total. The van der Waals surface area contributed by atoms with Crippen LogP contribution in [0.15, 0.2) is 24.3 Å². The van der Waals surface area contributed by atoms with Crippen molar-refractivity contribution < 1.29 is 4.79 Å². The van der Waals surface area contributed by atoms with Gasteiger partial charge in [-0.2, -0.15) is 0 Å². The third-order valence-electron chi connectivity index (χ3n) is 2.62. The van der Waals surface area contributed by atoms with Crippen molar-refractivity contribution in [2.75, 3.05) is 0 Å². The predicted octanol–water partition coefficient (Wildman–Crippen LogP) is 3.80. The third kappa shape index (κ3) is 3.55. The fraction of sp³-hybridized carbons (Fsp3) is 0.400. The molecular weight excluding hydrogens is 196 g/mol. The van der Waals surface area contributed by atoms with Crippen LogP contribution in [0.4, 0.5) is 0 Å². The van der Waals surface area contributed by atoms with Crippen LogP contribution < -0.4 is 0 Å². The largest absolute Gasteiger partial charge is 0.294 e. The highest BCUT2D eigenvalue weighted by Crippen LogP contribution is 2.15. The van der Waals surface area contributed by atoms with Gasteiger partial charge in [-0.1, -0.05) is 38.1 Å². The molecule has 0 bridgehead atoms. The Bertz CT molecular complexity index is 379. The molecule has 0 unspecified atom stereocenters. The van der Waals surface area contributed by atoms with Gasteiger partial charge in [-0.25, -0.2) is 0 Å². The van der Waals surface area contributed by atoms with Crippen molar-refractivity contribution in [1.29, 1.82) is 0 Å². The average molecular weight is 214 g/mol. The highest BCUT2D eigenvalue weighted by atomic mass is 16.1. The monoisotopic (exact) mass is 214 g/mol. The summed E-state index contributed by atoms with van der Waals surface area (Å²) >= 11 is 0. The molecule has 84 valence electrons. The van der Waals surface area contributed by atoms with Gasteiger partial charge in [0, 0.05) is 18.4 Å². The standard InChI is InChI=1S/C15H18O/c1-4-5-6-7-15(16)14-10-8-13(9-11-14)12(2)3/h1,8-12H,5-7H2,2-3H3. The normalized spacial score (nSPS) is 10.1. The molecular formula is C15H18O. The van der Waals surface area contributed by atoms with Crippen molar-refractivity contribution in [3.63, 3.8) is 0 Å². The van der Waals surface area contributed by atoms with Crippen molar-refractivity contribution >= 4 is 5.78 Å². The number of carbonyl (C=O) groups is 1. The fourth-order valence-electron chi connectivity index (χ4n) is 1.55. The van der Waals surface area contributed by atoms with E-state index in [0.29, 0.717) is 18.8 Å². The molecule has 0 spiro atoms. The molecule has 0 amide bonds. The number of rotatable bonds is 5. The summed E-state index contributed by atoms with van der Waals surface area (Å²) in [5.74, 6) is 3.24. The molecule has 0 saturated heterocycles. The number of hydrogen-bond acceptors (Lipinski definition) is 1. The molecule has 16 heavy (non-hydrogen) atoms. The Morgan fingerprint density at radius 2 is 1.94 bits per heavy atom. The van der Waals surface area contributed by atoms with Gasteiger partial charge in [0.2, 0.25) is 0 Å². The van der Waals surface area contributed by atoms with Gasteiger partial charge >= 0.3 is 0 Å². The summed E-state index contributed by atoms with van der Waals surface area (Å²) in [6, 6.07) is 7.87. The smallest absolute Gasteiger partial charge is 0.162 e. The summed E-state index contributed by atoms with van der Waals surface area (Å²) in [7, 11) is 0. The van der Waals surface area contributed by atoms with Crippen LogP contribution in [0.2, 0.25) is 0 Å². The molecule has 0 aliphatic heterocycles. The number of benzene rings is 1. The van der Waals surface area contributed by atoms with E-state index in [1.54, 1.807) is 0 Å². The van der Waals surface area contributed by atoms with Crippen molar-refractivity contribution in [3.8, 4) is 12.3 Å². The van der Waals surface area contributed by atoms with Crippen molar-refractivity contribution in [3.05, 3.63) is 35.4 Å². The molecule has 0 atom stereocenters. The molecule has 1 aromatic carbocycles. The minimum absolute atomic E-state index is 0.186. The maximum absolute atomic E-state index is 11.7. The maximum atomic E-state index is 11.7. The zero-order chi connectivity index (χ0) is 12.0. The lowest BCUT2D eigenvalue weighted by atomic mass is 9.99. The second-order valence-electron chi connectivity index (χ2n) is 4.26. The second kappa shape index (κ2) is 6.12. The van der Waals surface area contributed by atoms with Crippen LogP contribution in [-0.4, -0.2) is 5.78 Å². The summed E-state index contributed by atoms with van der Waals surface area (Å²) in [6.45, 7) is 4.29. The Hall–Kier alpha value is -1.55. The van der Waals surface area contributed by atoms with E-state index in [1.165, 1.54) is 5.56 Å². The Balaban J connectivity index is 2.60. The van der Waals surface area contributed by atoms with Crippen LogP contribution in [0.25, 0.3) is 0 Å². The fourth-order valence-corrected chi connectivity index (χ4v) is 1.55. The Morgan fingerprint density at radius 3 is 2.44 bits per heavy atom. The van der Waals surface area contributed by atoms with E-state index in [4.69, 9.17) is 6.42 Å². The quantitative estimate of drug-likeness (QED) is 0.414. The van der Waals surface area contributed by atoms with Gasteiger partial charge in [-0.15, -0.1) is 12.3 Å². The minimum atomic E-state index is 0.186. The molecule has 0 fully saturated rings. The average Bonchev–Trinajstić information content (AvgIpc) is 2.29. The molecule has 0 aliphatic rings. The van der Waals surface area contributed by atoms with Crippen molar-refractivity contribution in [2.45, 2.75) is 39.0 Å². The van der Waals surface area contributed by atoms with E-state index < -0.39 is 0 Å². The Kier molecular flexibility index (Phi) is 4.79. The lowest BCUT2D eigenvalue weighted by Gasteiger charge is -2.06. The number of Topliss-reactive ketones (excluding diaryl/α,β-unsaturated/α-hetero) is 1. The topological polar surface area (TPSA) is 17.1 Å². The zero-order valence-corrected chi connectivity index (χ0v) is 9.99. The van der Waals surface area contributed by atoms with Gasteiger partial charge in [-0.05, 0) is 17.9 Å². The predicted molar refractivity (Wildman–Crippen MR) is 67.5 cm³/mol. The van der Waals surface area contributed by atoms with E-state index in [2.05, 4.69) is 19.8 Å². The molecule has 0 radical (unpaired) electrons. The van der Waals surface area contributed by atoms with Crippen molar-refractivity contribution in [2.24, 2.45) is 0 Å². The summed E-state index contributed by atoms with van der Waals surface area (Å²) < 4.78 is 0. The molecule has 0 saturated carbocycles. The molecule has 0 heterocycles. The third-order valence-corrected chi connectivity index (χ3v) is 2.62. The summed E-state index contributed by atoms with van der Waals surface area (Å²) in [5.41, 5.74) is 2.06. The van der Waals surface area contributed by atoms with Crippen molar-refractivity contribution in [1.82, 2.24) is 0 Å². The summed E-state index contributed by atoms with van der Waals surface area (Å²) in [5, 5.41) is 0. The number of hydrogen-bond donors (Lipinski definition) is 0. The maximum Gasteiger partial charge on any atom is 0.162 e.